The molecular formula is C25H23F2N9O3. The van der Waals surface area contributed by atoms with E-state index in [1.54, 1.807) is 48.8 Å². The average molecular weight is 536 g/mol. The van der Waals surface area contributed by atoms with Gasteiger partial charge in [-0.2, -0.15) is 24.1 Å². The highest BCUT2D eigenvalue weighted by molar-refractivity contribution is 6.09. The van der Waals surface area contributed by atoms with Crippen LogP contribution in [0.25, 0.3) is 16.9 Å². The number of hydrogen-bond acceptors (Lipinski definition) is 8. The maximum absolute atomic E-state index is 13.3. The highest BCUT2D eigenvalue weighted by atomic mass is 19.3. The largest absolute Gasteiger partial charge is 0.454 e. The number of fused-ring (bicyclic) bond motifs is 1. The summed E-state index contributed by atoms with van der Waals surface area (Å²) in [6, 6.07) is 6.46. The van der Waals surface area contributed by atoms with Crippen LogP contribution in [0.4, 0.5) is 14.5 Å². The number of benzene rings is 1. The predicted molar refractivity (Wildman–Crippen MR) is 135 cm³/mol. The molecule has 14 heteroatoms. The molecule has 200 valence electrons. The van der Waals surface area contributed by atoms with Gasteiger partial charge >= 0.3 is 6.61 Å². The first kappa shape index (κ1) is 24.5. The van der Waals surface area contributed by atoms with E-state index in [0.717, 1.165) is 12.8 Å². The number of aromatic nitrogens is 7. The molecule has 39 heavy (non-hydrogen) atoms. The number of nitrogens with two attached hydrogens (primary N) is 1. The minimum atomic E-state index is -3.07. The fraction of sp³-hybridized carbons (Fsp3) is 0.240. The van der Waals surface area contributed by atoms with Crippen molar-refractivity contribution in [3.8, 4) is 28.5 Å². The third-order valence-electron chi connectivity index (χ3n) is 6.36. The van der Waals surface area contributed by atoms with Crippen LogP contribution in [0.1, 0.15) is 29.2 Å². The van der Waals surface area contributed by atoms with Crippen molar-refractivity contribution in [2.45, 2.75) is 31.5 Å². The molecule has 0 saturated heterocycles. The number of alkyl halides is 2. The minimum absolute atomic E-state index is 0.136. The molecule has 4 aromatic heterocycles. The standard InChI is InChI=1S/C25H23F2N9O3/c1-34-13-20(32-24(37)19-11-31-35-6-2-5-29-23(19)35)22(33-34)18-9-16(3-4-21(18)39-25(26)27)38-17-10-30-36(12-17)15-7-14(28)8-15/h2-6,9-15,25H,7-8,28H2,1H3,(H,32,37). The molecule has 0 bridgehead atoms. The molecule has 1 aromatic carbocycles. The van der Waals surface area contributed by atoms with Crippen LogP contribution in [0.15, 0.2) is 61.4 Å². The number of carbonyl (C=O) groups is 1. The molecule has 1 aliphatic rings. The number of ether oxygens (including phenoxy) is 2. The van der Waals surface area contributed by atoms with Gasteiger partial charge in [-0.05, 0) is 37.1 Å². The normalized spacial score (nSPS) is 16.8. The van der Waals surface area contributed by atoms with Crippen molar-refractivity contribution < 1.29 is 23.0 Å². The van der Waals surface area contributed by atoms with E-state index in [1.807, 2.05) is 0 Å². The second kappa shape index (κ2) is 9.79. The molecule has 1 aliphatic carbocycles. The molecule has 3 N–H and O–H groups in total. The van der Waals surface area contributed by atoms with E-state index < -0.39 is 12.5 Å². The SMILES string of the molecule is Cn1cc(NC(=O)c2cnn3cccnc23)c(-c2cc(Oc3cnn(C4CC(N)C4)c3)ccc2OC(F)F)n1. The van der Waals surface area contributed by atoms with Gasteiger partial charge in [0.2, 0.25) is 0 Å². The zero-order valence-electron chi connectivity index (χ0n) is 20.6. The number of amides is 1. The Labute approximate surface area is 220 Å². The monoisotopic (exact) mass is 535 g/mol. The van der Waals surface area contributed by atoms with Gasteiger partial charge in [0.05, 0.1) is 35.9 Å². The first-order valence-corrected chi connectivity index (χ1v) is 12.0. The van der Waals surface area contributed by atoms with Gasteiger partial charge in [0.15, 0.2) is 11.4 Å². The quantitative estimate of drug-likeness (QED) is 0.307. The Bertz CT molecular complexity index is 1660. The number of nitrogens with one attached hydrogen (secondary N) is 1. The van der Waals surface area contributed by atoms with E-state index in [9.17, 15) is 13.6 Å². The van der Waals surface area contributed by atoms with E-state index >= 15 is 0 Å². The summed E-state index contributed by atoms with van der Waals surface area (Å²) >= 11 is 0. The third kappa shape index (κ3) is 4.88. The van der Waals surface area contributed by atoms with Gasteiger partial charge in [0.25, 0.3) is 5.91 Å². The van der Waals surface area contributed by atoms with E-state index in [1.165, 1.54) is 33.6 Å². The van der Waals surface area contributed by atoms with Crippen LogP contribution in [-0.2, 0) is 7.05 Å². The Hall–Kier alpha value is -4.85. The summed E-state index contributed by atoms with van der Waals surface area (Å²) in [5.41, 5.74) is 7.13. The summed E-state index contributed by atoms with van der Waals surface area (Å²) in [4.78, 5) is 17.3. The summed E-state index contributed by atoms with van der Waals surface area (Å²) in [6.45, 7) is -3.07. The molecule has 0 atom stereocenters. The number of anilines is 1. The minimum Gasteiger partial charge on any atom is -0.454 e. The third-order valence-corrected chi connectivity index (χ3v) is 6.36. The van der Waals surface area contributed by atoms with Crippen LogP contribution in [0.2, 0.25) is 0 Å². The van der Waals surface area contributed by atoms with E-state index in [-0.39, 0.29) is 40.3 Å². The Morgan fingerprint density at radius 1 is 1.18 bits per heavy atom. The topological polar surface area (TPSA) is 139 Å². The molecule has 1 saturated carbocycles. The smallest absolute Gasteiger partial charge is 0.387 e. The predicted octanol–water partition coefficient (Wildman–Crippen LogP) is 3.63. The van der Waals surface area contributed by atoms with Crippen LogP contribution in [0, 0.1) is 0 Å². The number of aryl methyl sites for hydroxylation is 1. The van der Waals surface area contributed by atoms with Crippen molar-refractivity contribution in [2.24, 2.45) is 12.8 Å². The zero-order valence-corrected chi connectivity index (χ0v) is 20.6. The number of halogens is 2. The molecular weight excluding hydrogens is 512 g/mol. The van der Waals surface area contributed by atoms with Gasteiger partial charge in [0.1, 0.15) is 22.8 Å². The van der Waals surface area contributed by atoms with Crippen LogP contribution in [-0.4, -0.2) is 52.7 Å². The fourth-order valence-corrected chi connectivity index (χ4v) is 4.47. The van der Waals surface area contributed by atoms with Crippen molar-refractivity contribution in [2.75, 3.05) is 5.32 Å². The summed E-state index contributed by atoms with van der Waals surface area (Å²) in [5.74, 6) is 0.179. The van der Waals surface area contributed by atoms with E-state index in [4.69, 9.17) is 15.2 Å². The van der Waals surface area contributed by atoms with Crippen LogP contribution < -0.4 is 20.5 Å². The fourth-order valence-electron chi connectivity index (χ4n) is 4.47. The first-order valence-electron chi connectivity index (χ1n) is 12.0. The Balaban J connectivity index is 1.31. The second-order valence-electron chi connectivity index (χ2n) is 9.15. The number of rotatable bonds is 8. The molecule has 1 amide bonds. The Kier molecular flexibility index (Phi) is 6.15. The van der Waals surface area contributed by atoms with E-state index in [2.05, 4.69) is 25.6 Å². The molecule has 0 unspecified atom stereocenters. The maximum atomic E-state index is 13.3. The lowest BCUT2D eigenvalue weighted by atomic mass is 9.88. The Morgan fingerprint density at radius 3 is 2.82 bits per heavy atom. The maximum Gasteiger partial charge on any atom is 0.387 e. The van der Waals surface area contributed by atoms with Gasteiger partial charge in [0, 0.05) is 31.7 Å². The van der Waals surface area contributed by atoms with Crippen molar-refractivity contribution in [3.63, 3.8) is 0 Å². The lowest BCUT2D eigenvalue weighted by molar-refractivity contribution is -0.0494. The molecule has 0 aliphatic heterocycles. The molecule has 0 spiro atoms. The lowest BCUT2D eigenvalue weighted by Crippen LogP contribution is -2.37. The lowest BCUT2D eigenvalue weighted by Gasteiger charge is -2.32. The number of hydrogen-bond donors (Lipinski definition) is 2. The zero-order chi connectivity index (χ0) is 27.1. The molecule has 12 nitrogen and oxygen atoms in total. The van der Waals surface area contributed by atoms with Gasteiger partial charge in [-0.25, -0.2) is 9.50 Å². The van der Waals surface area contributed by atoms with Crippen LogP contribution in [0.3, 0.4) is 0 Å². The molecule has 6 rings (SSSR count). The van der Waals surface area contributed by atoms with Crippen molar-refractivity contribution in [1.82, 2.24) is 34.2 Å². The second-order valence-corrected chi connectivity index (χ2v) is 9.15. The van der Waals surface area contributed by atoms with Gasteiger partial charge in [-0.1, -0.05) is 0 Å². The number of nitrogens with zero attached hydrogens (tertiary/aromatic N) is 7. The van der Waals surface area contributed by atoms with Gasteiger partial charge in [-0.15, -0.1) is 0 Å². The number of carbonyl (C=O) groups excluding carboxylic acids is 1. The van der Waals surface area contributed by atoms with Crippen molar-refractivity contribution in [3.05, 3.63) is 67.0 Å². The van der Waals surface area contributed by atoms with Crippen LogP contribution >= 0.6 is 0 Å². The van der Waals surface area contributed by atoms with Gasteiger partial charge in [-0.3, -0.25) is 14.2 Å². The highest BCUT2D eigenvalue weighted by Crippen LogP contribution is 2.39. The summed E-state index contributed by atoms with van der Waals surface area (Å²) in [7, 11) is 1.64. The molecule has 0 radical (unpaired) electrons. The molecule has 4 heterocycles. The molecule has 1 fully saturated rings. The van der Waals surface area contributed by atoms with Crippen molar-refractivity contribution in [1.29, 1.82) is 0 Å². The van der Waals surface area contributed by atoms with E-state index in [0.29, 0.717) is 17.1 Å². The summed E-state index contributed by atoms with van der Waals surface area (Å²) in [6.07, 6.45) is 11.2. The average Bonchev–Trinajstić information content (AvgIpc) is 3.61. The summed E-state index contributed by atoms with van der Waals surface area (Å²) < 4.78 is 42.0. The molecule has 5 aromatic rings. The van der Waals surface area contributed by atoms with Crippen LogP contribution in [0.5, 0.6) is 17.2 Å². The van der Waals surface area contributed by atoms with Gasteiger partial charge < -0.3 is 20.5 Å². The first-order chi connectivity index (χ1) is 18.8. The Morgan fingerprint density at radius 2 is 2.03 bits per heavy atom. The van der Waals surface area contributed by atoms with Crippen molar-refractivity contribution >= 4 is 17.2 Å². The summed E-state index contributed by atoms with van der Waals surface area (Å²) in [5, 5.41) is 15.7. The highest BCUT2D eigenvalue weighted by Gasteiger charge is 2.28.